The zero-order valence-corrected chi connectivity index (χ0v) is 37.3. The molecule has 2 nitrogen and oxygen atoms in total. The van der Waals surface area contributed by atoms with Crippen molar-refractivity contribution in [2.24, 2.45) is 0 Å². The standard InChI is InChI=1S/C58H53BN2/c1-32(2)38-20-15-21-39(33(3)4)50(38)35-23-25-47-45(28-35)52-42-19-14-13-18-41(42)51-46-31-37(58(8,9)10)30-44-43-29-36(57(5,6)7)24-27-48(43)61(55(44)46)59-53-40-17-12-11-16-34(40)22-26-49(53)60(47)56(52)54(51)59/h11-33H,1-10H3. The van der Waals surface area contributed by atoms with Crippen LogP contribution in [0.4, 0.5) is 0 Å². The summed E-state index contributed by atoms with van der Waals surface area (Å²) < 4.78 is 5.43. The van der Waals surface area contributed by atoms with Crippen molar-refractivity contribution < 1.29 is 0 Å². The Kier molecular flexibility index (Phi) is 7.40. The van der Waals surface area contributed by atoms with Crippen LogP contribution in [-0.4, -0.2) is 15.9 Å². The Hall–Kier alpha value is -6.06. The average Bonchev–Trinajstić information content (AvgIpc) is 3.76. The second-order valence-corrected chi connectivity index (χ2v) is 20.9. The van der Waals surface area contributed by atoms with Gasteiger partial charge in [-0.25, -0.2) is 0 Å². The van der Waals surface area contributed by atoms with Crippen LogP contribution in [0.5, 0.6) is 0 Å². The second-order valence-electron chi connectivity index (χ2n) is 20.9. The molecule has 12 rings (SSSR count). The fourth-order valence-corrected chi connectivity index (χ4v) is 11.6. The van der Waals surface area contributed by atoms with Gasteiger partial charge in [0, 0.05) is 43.8 Å². The molecule has 0 spiro atoms. The van der Waals surface area contributed by atoms with E-state index in [-0.39, 0.29) is 17.7 Å². The number of hydrogen-bond donors (Lipinski definition) is 0. The molecule has 8 aromatic carbocycles. The minimum absolute atomic E-state index is 0.0254. The fraction of sp³-hybridized carbons (Fsp3) is 0.241. The number of aromatic nitrogens is 2. The maximum absolute atomic E-state index is 2.76. The fourth-order valence-electron chi connectivity index (χ4n) is 11.6. The van der Waals surface area contributed by atoms with E-state index >= 15 is 0 Å². The zero-order valence-electron chi connectivity index (χ0n) is 37.3. The van der Waals surface area contributed by atoms with E-state index in [1.165, 1.54) is 126 Å². The molecular weight excluding hydrogens is 735 g/mol. The van der Waals surface area contributed by atoms with Crippen molar-refractivity contribution in [1.29, 1.82) is 0 Å². The molecule has 0 N–H and O–H groups in total. The van der Waals surface area contributed by atoms with E-state index in [4.69, 9.17) is 0 Å². The van der Waals surface area contributed by atoms with Gasteiger partial charge in [0.15, 0.2) is 0 Å². The number of fused-ring (bicyclic) bond motifs is 16. The molecular formula is C58H53BN2. The zero-order chi connectivity index (χ0) is 42.0. The van der Waals surface area contributed by atoms with Crippen molar-refractivity contribution in [2.75, 3.05) is 0 Å². The molecule has 0 atom stereocenters. The Bertz CT molecular complexity index is 3530. The first kappa shape index (κ1) is 36.8. The second kappa shape index (κ2) is 12.3. The summed E-state index contributed by atoms with van der Waals surface area (Å²) in [7, 11) is 0. The van der Waals surface area contributed by atoms with Gasteiger partial charge in [-0.3, -0.25) is 0 Å². The average molecular weight is 789 g/mol. The van der Waals surface area contributed by atoms with E-state index < -0.39 is 0 Å². The van der Waals surface area contributed by atoms with Crippen LogP contribution in [0.15, 0.2) is 127 Å². The number of rotatable bonds is 3. The largest absolute Gasteiger partial charge is 0.375 e. The van der Waals surface area contributed by atoms with E-state index in [1.807, 2.05) is 0 Å². The molecule has 3 heteroatoms. The van der Waals surface area contributed by atoms with E-state index in [0.717, 1.165) is 0 Å². The summed E-state index contributed by atoms with van der Waals surface area (Å²) in [6.07, 6.45) is 0. The van der Waals surface area contributed by atoms with Gasteiger partial charge in [-0.1, -0.05) is 154 Å². The first-order chi connectivity index (χ1) is 29.2. The highest BCUT2D eigenvalue weighted by molar-refractivity contribution is 6.92. The number of benzene rings is 8. The third-order valence-corrected chi connectivity index (χ3v) is 14.5. The maximum atomic E-state index is 2.76. The highest BCUT2D eigenvalue weighted by atomic mass is 15.0. The quantitative estimate of drug-likeness (QED) is 0.158. The molecule has 0 saturated carbocycles. The van der Waals surface area contributed by atoms with Gasteiger partial charge in [-0.05, 0) is 137 Å². The van der Waals surface area contributed by atoms with E-state index in [1.54, 1.807) is 0 Å². The van der Waals surface area contributed by atoms with Gasteiger partial charge in [0.25, 0.3) is 0 Å². The molecule has 4 heterocycles. The molecule has 2 aliphatic rings. The van der Waals surface area contributed by atoms with Crippen LogP contribution >= 0.6 is 0 Å². The molecule has 298 valence electrons. The Morgan fingerprint density at radius 3 is 1.84 bits per heavy atom. The summed E-state index contributed by atoms with van der Waals surface area (Å²) in [6.45, 7) is 23.5. The van der Waals surface area contributed by atoms with E-state index in [9.17, 15) is 0 Å². The molecule has 0 radical (unpaired) electrons. The normalized spacial score (nSPS) is 13.7. The summed E-state index contributed by atoms with van der Waals surface area (Å²) >= 11 is 0. The Morgan fingerprint density at radius 1 is 0.475 bits per heavy atom. The minimum atomic E-state index is -0.0377. The van der Waals surface area contributed by atoms with E-state index in [2.05, 4.69) is 206 Å². The van der Waals surface area contributed by atoms with Crippen LogP contribution in [0.2, 0.25) is 0 Å². The van der Waals surface area contributed by atoms with Crippen LogP contribution in [0, 0.1) is 0 Å². The molecule has 0 unspecified atom stereocenters. The molecule has 0 aliphatic carbocycles. The van der Waals surface area contributed by atoms with Crippen molar-refractivity contribution >= 4 is 82.9 Å². The highest BCUT2D eigenvalue weighted by Crippen LogP contribution is 2.50. The van der Waals surface area contributed by atoms with Crippen LogP contribution in [-0.2, 0) is 10.8 Å². The molecule has 10 aromatic rings. The first-order valence-corrected chi connectivity index (χ1v) is 22.5. The summed E-state index contributed by atoms with van der Waals surface area (Å²) in [5.41, 5.74) is 20.4. The summed E-state index contributed by atoms with van der Waals surface area (Å²) in [5, 5.41) is 10.7. The van der Waals surface area contributed by atoms with Crippen molar-refractivity contribution in [3.8, 4) is 27.9 Å². The van der Waals surface area contributed by atoms with E-state index in [0.29, 0.717) is 11.8 Å². The van der Waals surface area contributed by atoms with Gasteiger partial charge in [-0.2, -0.15) is 0 Å². The molecule has 2 aliphatic heterocycles. The van der Waals surface area contributed by atoms with Gasteiger partial charge >= 0.3 is 6.85 Å². The summed E-state index contributed by atoms with van der Waals surface area (Å²) in [5.74, 6) is 0.819. The lowest BCUT2D eigenvalue weighted by Crippen LogP contribution is -2.55. The monoisotopic (exact) mass is 788 g/mol. The van der Waals surface area contributed by atoms with Crippen molar-refractivity contribution in [3.05, 3.63) is 150 Å². The lowest BCUT2D eigenvalue weighted by molar-refractivity contribution is 0.590. The first-order valence-electron chi connectivity index (χ1n) is 22.5. The van der Waals surface area contributed by atoms with Crippen molar-refractivity contribution in [3.63, 3.8) is 0 Å². The van der Waals surface area contributed by atoms with Crippen LogP contribution < -0.4 is 10.9 Å². The third kappa shape index (κ3) is 4.87. The summed E-state index contributed by atoms with van der Waals surface area (Å²) in [6, 6.07) is 50.0. The lowest BCUT2D eigenvalue weighted by atomic mass is 9.44. The van der Waals surface area contributed by atoms with Crippen LogP contribution in [0.25, 0.3) is 93.1 Å². The lowest BCUT2D eigenvalue weighted by Gasteiger charge is -2.35. The molecule has 61 heavy (non-hydrogen) atoms. The van der Waals surface area contributed by atoms with Crippen LogP contribution in [0.1, 0.15) is 103 Å². The molecule has 0 fully saturated rings. The number of nitrogens with zero attached hydrogens (tertiary/aromatic N) is 2. The van der Waals surface area contributed by atoms with Gasteiger partial charge < -0.3 is 9.05 Å². The van der Waals surface area contributed by atoms with Gasteiger partial charge in [-0.15, -0.1) is 0 Å². The van der Waals surface area contributed by atoms with Crippen molar-refractivity contribution in [1.82, 2.24) is 9.05 Å². The van der Waals surface area contributed by atoms with Gasteiger partial charge in [0.05, 0.1) is 11.0 Å². The molecule has 2 aromatic heterocycles. The predicted octanol–water partition coefficient (Wildman–Crippen LogP) is 14.7. The Labute approximate surface area is 359 Å². The van der Waals surface area contributed by atoms with Crippen molar-refractivity contribution in [2.45, 2.75) is 91.9 Å². The Balaban J connectivity index is 1.33. The van der Waals surface area contributed by atoms with Gasteiger partial charge in [0.2, 0.25) is 0 Å². The minimum Gasteiger partial charge on any atom is -0.375 e. The maximum Gasteiger partial charge on any atom is 0.333 e. The predicted molar refractivity (Wildman–Crippen MR) is 266 cm³/mol. The third-order valence-electron chi connectivity index (χ3n) is 14.5. The van der Waals surface area contributed by atoms with Crippen LogP contribution in [0.3, 0.4) is 0 Å². The smallest absolute Gasteiger partial charge is 0.333 e. The molecule has 0 bridgehead atoms. The topological polar surface area (TPSA) is 9.86 Å². The SMILES string of the molecule is CC(C)c1cccc(C(C)C)c1-c1ccc2c(c1)c1c3ccccc3c3c4c1n2-c1ccc2ccccc2c1B4n1c2ccc(C(C)(C)C)cc2c2cc(C(C)(C)C)cc-3c21. The number of hydrogen-bond acceptors (Lipinski definition) is 0. The summed E-state index contributed by atoms with van der Waals surface area (Å²) in [4.78, 5) is 0. The van der Waals surface area contributed by atoms with Gasteiger partial charge in [0.1, 0.15) is 0 Å². The molecule has 0 amide bonds. The molecule has 0 saturated heterocycles. The Morgan fingerprint density at radius 2 is 1.13 bits per heavy atom. The highest BCUT2D eigenvalue weighted by Gasteiger charge is 2.44.